The van der Waals surface area contributed by atoms with E-state index >= 15 is 0 Å². The molecule has 0 radical (unpaired) electrons. The highest BCUT2D eigenvalue weighted by Crippen LogP contribution is 2.15. The molecule has 1 atom stereocenters. The van der Waals surface area contributed by atoms with Crippen LogP contribution in [-0.4, -0.2) is 55.0 Å². The van der Waals surface area contributed by atoms with Gasteiger partial charge in [-0.1, -0.05) is 0 Å². The van der Waals surface area contributed by atoms with Crippen molar-refractivity contribution in [3.05, 3.63) is 24.3 Å². The largest absolute Gasteiger partial charge is 0.497 e. The van der Waals surface area contributed by atoms with Gasteiger partial charge in [-0.3, -0.25) is 19.3 Å². The Morgan fingerprint density at radius 1 is 1.27 bits per heavy atom. The first-order valence-corrected chi connectivity index (χ1v) is 8.13. The number of carbonyl (C=O) groups excluding carboxylic acids is 4. The van der Waals surface area contributed by atoms with Crippen molar-refractivity contribution in [2.75, 3.05) is 25.5 Å². The van der Waals surface area contributed by atoms with E-state index in [1.165, 1.54) is 6.92 Å². The summed E-state index contributed by atoms with van der Waals surface area (Å²) in [5, 5.41) is 5.03. The molecular formula is C17H21N3O6. The quantitative estimate of drug-likeness (QED) is 0.524. The Bertz CT molecular complexity index is 672. The summed E-state index contributed by atoms with van der Waals surface area (Å²) < 4.78 is 10.1. The monoisotopic (exact) mass is 363 g/mol. The zero-order valence-corrected chi connectivity index (χ0v) is 14.6. The van der Waals surface area contributed by atoms with Gasteiger partial charge in [0.05, 0.1) is 13.7 Å². The molecule has 0 aromatic heterocycles. The number of hydrogen-bond acceptors (Lipinski definition) is 6. The minimum atomic E-state index is -0.971. The van der Waals surface area contributed by atoms with Crippen LogP contribution >= 0.6 is 0 Å². The summed E-state index contributed by atoms with van der Waals surface area (Å²) in [6.07, 6.45) is -0.705. The fourth-order valence-electron chi connectivity index (χ4n) is 2.29. The van der Waals surface area contributed by atoms with Gasteiger partial charge in [-0.05, 0) is 37.6 Å². The first-order valence-electron chi connectivity index (χ1n) is 8.13. The number of esters is 1. The molecule has 9 nitrogen and oxygen atoms in total. The minimum absolute atomic E-state index is 0.00276. The standard InChI is InChI=1S/C17H21N3O6/c1-11(16(23)19-12-5-7-13(25-2)8-6-12)26-15(22)4-3-9-20-14(21)10-18-17(20)24/h5-8,11H,3-4,9-10H2,1-2H3,(H,18,24)(H,19,23)/t11-/m1/s1. The number of nitrogens with one attached hydrogen (secondary N) is 2. The predicted molar refractivity (Wildman–Crippen MR) is 91.5 cm³/mol. The van der Waals surface area contributed by atoms with Crippen molar-refractivity contribution >= 4 is 29.5 Å². The molecular weight excluding hydrogens is 342 g/mol. The highest BCUT2D eigenvalue weighted by atomic mass is 16.5. The van der Waals surface area contributed by atoms with Crippen LogP contribution in [0.4, 0.5) is 10.5 Å². The van der Waals surface area contributed by atoms with Crippen LogP contribution in [-0.2, 0) is 19.1 Å². The lowest BCUT2D eigenvalue weighted by atomic mass is 10.2. The number of ether oxygens (including phenoxy) is 2. The molecule has 2 N–H and O–H groups in total. The van der Waals surface area contributed by atoms with Crippen LogP contribution in [0.2, 0.25) is 0 Å². The highest BCUT2D eigenvalue weighted by molar-refractivity contribution is 6.01. The molecule has 2 rings (SSSR count). The number of hydrogen-bond donors (Lipinski definition) is 2. The maximum absolute atomic E-state index is 12.0. The fourth-order valence-corrected chi connectivity index (χ4v) is 2.29. The summed E-state index contributed by atoms with van der Waals surface area (Å²) >= 11 is 0. The maximum atomic E-state index is 12.0. The molecule has 1 aliphatic heterocycles. The summed E-state index contributed by atoms with van der Waals surface area (Å²) in [4.78, 5) is 47.7. The molecule has 1 aromatic rings. The molecule has 0 spiro atoms. The van der Waals surface area contributed by atoms with Crippen LogP contribution < -0.4 is 15.4 Å². The lowest BCUT2D eigenvalue weighted by Crippen LogP contribution is -2.33. The summed E-state index contributed by atoms with van der Waals surface area (Å²) in [5.41, 5.74) is 0.553. The van der Waals surface area contributed by atoms with Crippen LogP contribution in [0, 0.1) is 0 Å². The molecule has 0 unspecified atom stereocenters. The van der Waals surface area contributed by atoms with Crippen LogP contribution in [0.25, 0.3) is 0 Å². The number of carbonyl (C=O) groups is 4. The molecule has 1 heterocycles. The number of benzene rings is 1. The Balaban J connectivity index is 1.72. The molecule has 26 heavy (non-hydrogen) atoms. The Hall–Kier alpha value is -3.10. The zero-order chi connectivity index (χ0) is 19.1. The molecule has 140 valence electrons. The average molecular weight is 363 g/mol. The Labute approximate surface area is 150 Å². The van der Waals surface area contributed by atoms with E-state index < -0.39 is 24.0 Å². The molecule has 9 heteroatoms. The Morgan fingerprint density at radius 3 is 2.54 bits per heavy atom. The average Bonchev–Trinajstić information content (AvgIpc) is 2.94. The van der Waals surface area contributed by atoms with Crippen molar-refractivity contribution in [1.29, 1.82) is 0 Å². The third kappa shape index (κ3) is 5.20. The second kappa shape index (κ2) is 8.84. The number of urea groups is 1. The van der Waals surface area contributed by atoms with Crippen molar-refractivity contribution in [2.24, 2.45) is 0 Å². The number of anilines is 1. The van der Waals surface area contributed by atoms with Gasteiger partial charge in [0, 0.05) is 18.7 Å². The molecule has 1 aliphatic rings. The number of imide groups is 1. The molecule has 4 amide bonds. The van der Waals surface area contributed by atoms with E-state index in [0.29, 0.717) is 11.4 Å². The van der Waals surface area contributed by atoms with E-state index in [-0.39, 0.29) is 31.8 Å². The van der Waals surface area contributed by atoms with E-state index in [1.807, 2.05) is 0 Å². The van der Waals surface area contributed by atoms with Gasteiger partial charge in [-0.2, -0.15) is 0 Å². The van der Waals surface area contributed by atoms with E-state index in [4.69, 9.17) is 9.47 Å². The molecule has 0 bridgehead atoms. The van der Waals surface area contributed by atoms with Crippen LogP contribution in [0.15, 0.2) is 24.3 Å². The summed E-state index contributed by atoms with van der Waals surface area (Å²) in [5.74, 6) is -0.699. The van der Waals surface area contributed by atoms with Crippen LogP contribution in [0.1, 0.15) is 19.8 Å². The van der Waals surface area contributed by atoms with Gasteiger partial charge in [0.25, 0.3) is 5.91 Å². The maximum Gasteiger partial charge on any atom is 0.324 e. The van der Waals surface area contributed by atoms with Gasteiger partial charge < -0.3 is 20.1 Å². The number of amides is 4. The van der Waals surface area contributed by atoms with Crippen molar-refractivity contribution < 1.29 is 28.7 Å². The van der Waals surface area contributed by atoms with Gasteiger partial charge in [-0.25, -0.2) is 4.79 Å². The molecule has 1 aromatic carbocycles. The second-order valence-corrected chi connectivity index (χ2v) is 5.66. The lowest BCUT2D eigenvalue weighted by Gasteiger charge is -2.15. The third-order valence-corrected chi connectivity index (χ3v) is 3.73. The Kier molecular flexibility index (Phi) is 6.54. The highest BCUT2D eigenvalue weighted by Gasteiger charge is 2.28. The number of methoxy groups -OCH3 is 1. The van der Waals surface area contributed by atoms with E-state index in [0.717, 1.165) is 4.90 Å². The van der Waals surface area contributed by atoms with Crippen molar-refractivity contribution in [3.8, 4) is 5.75 Å². The van der Waals surface area contributed by atoms with E-state index in [9.17, 15) is 19.2 Å². The smallest absolute Gasteiger partial charge is 0.324 e. The SMILES string of the molecule is COc1ccc(NC(=O)[C@@H](C)OC(=O)CCCN2C(=O)CNC2=O)cc1. The fraction of sp³-hybridized carbons (Fsp3) is 0.412. The van der Waals surface area contributed by atoms with Gasteiger partial charge in [0.1, 0.15) is 5.75 Å². The van der Waals surface area contributed by atoms with Crippen molar-refractivity contribution in [2.45, 2.75) is 25.9 Å². The number of nitrogens with zero attached hydrogens (tertiary/aromatic N) is 1. The van der Waals surface area contributed by atoms with Crippen molar-refractivity contribution in [3.63, 3.8) is 0 Å². The Morgan fingerprint density at radius 2 is 1.96 bits per heavy atom. The first-order chi connectivity index (χ1) is 12.4. The van der Waals surface area contributed by atoms with Gasteiger partial charge in [-0.15, -0.1) is 0 Å². The van der Waals surface area contributed by atoms with Gasteiger partial charge >= 0.3 is 12.0 Å². The topological polar surface area (TPSA) is 114 Å². The van der Waals surface area contributed by atoms with E-state index in [1.54, 1.807) is 31.4 Å². The van der Waals surface area contributed by atoms with Crippen molar-refractivity contribution in [1.82, 2.24) is 10.2 Å². The van der Waals surface area contributed by atoms with E-state index in [2.05, 4.69) is 10.6 Å². The first kappa shape index (κ1) is 19.2. The lowest BCUT2D eigenvalue weighted by molar-refractivity contribution is -0.153. The van der Waals surface area contributed by atoms with Crippen LogP contribution in [0.5, 0.6) is 5.75 Å². The molecule has 0 saturated carbocycles. The zero-order valence-electron chi connectivity index (χ0n) is 14.6. The summed E-state index contributed by atoms with van der Waals surface area (Å²) in [6, 6.07) is 6.27. The summed E-state index contributed by atoms with van der Waals surface area (Å²) in [7, 11) is 1.54. The number of rotatable bonds is 8. The second-order valence-electron chi connectivity index (χ2n) is 5.66. The minimum Gasteiger partial charge on any atom is -0.497 e. The predicted octanol–water partition coefficient (Wildman–Crippen LogP) is 0.897. The molecule has 1 saturated heterocycles. The van der Waals surface area contributed by atoms with Gasteiger partial charge in [0.15, 0.2) is 6.10 Å². The third-order valence-electron chi connectivity index (χ3n) is 3.73. The van der Waals surface area contributed by atoms with Crippen LogP contribution in [0.3, 0.4) is 0 Å². The summed E-state index contributed by atoms with van der Waals surface area (Å²) in [6.45, 7) is 1.58. The molecule has 0 aliphatic carbocycles. The normalized spacial score (nSPS) is 14.6. The van der Waals surface area contributed by atoms with Gasteiger partial charge in [0.2, 0.25) is 5.91 Å². The molecule has 1 fully saturated rings.